The summed E-state index contributed by atoms with van der Waals surface area (Å²) in [6, 6.07) is 0. The molecule has 6 heteroatoms. The second-order valence-electron chi connectivity index (χ2n) is 2.87. The van der Waals surface area contributed by atoms with Gasteiger partial charge in [-0.3, -0.25) is 14.2 Å². The van der Waals surface area contributed by atoms with E-state index in [1.807, 2.05) is 0 Å². The zero-order valence-corrected chi connectivity index (χ0v) is 9.25. The fourth-order valence-electron chi connectivity index (χ4n) is 1.14. The van der Waals surface area contributed by atoms with Crippen molar-refractivity contribution in [2.75, 3.05) is 0 Å². The van der Waals surface area contributed by atoms with Gasteiger partial charge >= 0.3 is 0 Å². The minimum absolute atomic E-state index is 0.0426. The zero-order valence-electron chi connectivity index (χ0n) is 7.67. The van der Waals surface area contributed by atoms with Gasteiger partial charge in [0, 0.05) is 7.05 Å². The summed E-state index contributed by atoms with van der Waals surface area (Å²) < 4.78 is 1.18. The number of halogens is 1. The number of pyridine rings is 1. The third-order valence-electron chi connectivity index (χ3n) is 1.98. The van der Waals surface area contributed by atoms with Gasteiger partial charge in [-0.05, 0) is 28.4 Å². The molecule has 0 atom stereocenters. The van der Waals surface area contributed by atoms with Gasteiger partial charge in [0.05, 0.1) is 4.47 Å². The molecule has 0 aromatic carbocycles. The lowest BCUT2D eigenvalue weighted by molar-refractivity contribution is 0.0995. The number of hydrogen-bond donors (Lipinski definition) is 2. The van der Waals surface area contributed by atoms with Gasteiger partial charge in [0.15, 0.2) is 0 Å². The molecule has 1 aromatic rings. The normalized spacial score (nSPS) is 10.2. The van der Waals surface area contributed by atoms with Gasteiger partial charge in [0.1, 0.15) is 5.56 Å². The third kappa shape index (κ3) is 1.41. The molecule has 0 aliphatic heterocycles. The van der Waals surface area contributed by atoms with Crippen LogP contribution in [0.1, 0.15) is 15.9 Å². The Morgan fingerprint density at radius 2 is 2.07 bits per heavy atom. The lowest BCUT2D eigenvalue weighted by atomic mass is 10.1. The molecule has 0 aliphatic rings. The van der Waals surface area contributed by atoms with Crippen molar-refractivity contribution >= 4 is 21.8 Å². The Kier molecular flexibility index (Phi) is 2.66. The molecule has 0 fully saturated rings. The quantitative estimate of drug-likeness (QED) is 0.760. The van der Waals surface area contributed by atoms with Gasteiger partial charge in [-0.15, -0.1) is 0 Å². The van der Waals surface area contributed by atoms with Gasteiger partial charge in [-0.1, -0.05) is 0 Å². The standard InChI is InChI=1S/C8H9BrN2O3/c1-3-4(6(10)12)7(13)11(2)8(14)5(3)9/h13H,1-2H3,(H2,10,12). The highest BCUT2D eigenvalue weighted by Gasteiger charge is 2.18. The molecule has 3 N–H and O–H groups in total. The summed E-state index contributed by atoms with van der Waals surface area (Å²) in [6.45, 7) is 1.53. The summed E-state index contributed by atoms with van der Waals surface area (Å²) in [5, 5.41) is 9.50. The van der Waals surface area contributed by atoms with Crippen LogP contribution in [0.3, 0.4) is 0 Å². The third-order valence-corrected chi connectivity index (χ3v) is 2.92. The monoisotopic (exact) mass is 260 g/mol. The van der Waals surface area contributed by atoms with Crippen LogP contribution in [0.25, 0.3) is 0 Å². The fourth-order valence-corrected chi connectivity index (χ4v) is 1.61. The van der Waals surface area contributed by atoms with E-state index in [4.69, 9.17) is 5.73 Å². The Hall–Kier alpha value is -1.30. The summed E-state index contributed by atoms with van der Waals surface area (Å²) in [5.41, 5.74) is 4.96. The van der Waals surface area contributed by atoms with Crippen molar-refractivity contribution in [1.29, 1.82) is 0 Å². The van der Waals surface area contributed by atoms with Crippen LogP contribution >= 0.6 is 15.9 Å². The number of nitrogens with zero attached hydrogens (tertiary/aromatic N) is 1. The van der Waals surface area contributed by atoms with Gasteiger partial charge in [-0.2, -0.15) is 0 Å². The van der Waals surface area contributed by atoms with Gasteiger partial charge < -0.3 is 10.8 Å². The average Bonchev–Trinajstić information content (AvgIpc) is 2.11. The second-order valence-corrected chi connectivity index (χ2v) is 3.66. The predicted octanol–water partition coefficient (Wildman–Crippen LogP) is 0.261. The number of hydrogen-bond acceptors (Lipinski definition) is 3. The van der Waals surface area contributed by atoms with Crippen LogP contribution < -0.4 is 11.3 Å². The molecule has 0 bridgehead atoms. The molecular formula is C8H9BrN2O3. The first kappa shape index (κ1) is 10.8. The van der Waals surface area contributed by atoms with Crippen molar-refractivity contribution in [3.05, 3.63) is 26.0 Å². The molecule has 1 aromatic heterocycles. The first-order valence-electron chi connectivity index (χ1n) is 3.75. The van der Waals surface area contributed by atoms with E-state index in [9.17, 15) is 14.7 Å². The van der Waals surface area contributed by atoms with Crippen LogP contribution in [-0.4, -0.2) is 15.6 Å². The summed E-state index contributed by atoms with van der Waals surface area (Å²) in [5.74, 6) is -1.18. The first-order chi connectivity index (χ1) is 6.37. The lowest BCUT2D eigenvalue weighted by Gasteiger charge is -2.10. The molecular weight excluding hydrogens is 252 g/mol. The van der Waals surface area contributed by atoms with Crippen molar-refractivity contribution in [1.82, 2.24) is 4.57 Å². The summed E-state index contributed by atoms with van der Waals surface area (Å²) in [4.78, 5) is 22.4. The van der Waals surface area contributed by atoms with Crippen molar-refractivity contribution < 1.29 is 9.90 Å². The Bertz CT molecular complexity index is 432. The molecule has 5 nitrogen and oxygen atoms in total. The molecule has 1 rings (SSSR count). The first-order valence-corrected chi connectivity index (χ1v) is 4.55. The van der Waals surface area contributed by atoms with Crippen molar-refractivity contribution in [2.24, 2.45) is 12.8 Å². The second kappa shape index (κ2) is 3.45. The lowest BCUT2D eigenvalue weighted by Crippen LogP contribution is -2.24. The van der Waals surface area contributed by atoms with Crippen LogP contribution in [0.4, 0.5) is 0 Å². The van der Waals surface area contributed by atoms with E-state index in [2.05, 4.69) is 15.9 Å². The molecule has 76 valence electrons. The Balaban J connectivity index is 3.78. The molecule has 1 heterocycles. The average molecular weight is 261 g/mol. The van der Waals surface area contributed by atoms with Crippen molar-refractivity contribution in [3.63, 3.8) is 0 Å². The van der Waals surface area contributed by atoms with Gasteiger partial charge in [-0.25, -0.2) is 0 Å². The molecule has 0 saturated carbocycles. The molecule has 14 heavy (non-hydrogen) atoms. The summed E-state index contributed by atoms with van der Waals surface area (Å²) in [7, 11) is 1.36. The number of carbonyl (C=O) groups is 1. The number of primary amides is 1. The fraction of sp³-hybridized carbons (Fsp3) is 0.250. The minimum Gasteiger partial charge on any atom is -0.494 e. The van der Waals surface area contributed by atoms with E-state index in [0.717, 1.165) is 4.57 Å². The molecule has 0 aliphatic carbocycles. The van der Waals surface area contributed by atoms with Crippen LogP contribution in [-0.2, 0) is 7.05 Å². The summed E-state index contributed by atoms with van der Waals surface area (Å²) >= 11 is 3.03. The van der Waals surface area contributed by atoms with Crippen molar-refractivity contribution in [3.8, 4) is 5.88 Å². The van der Waals surface area contributed by atoms with E-state index in [-0.39, 0.29) is 10.0 Å². The van der Waals surface area contributed by atoms with E-state index in [0.29, 0.717) is 5.56 Å². The largest absolute Gasteiger partial charge is 0.494 e. The molecule has 0 spiro atoms. The number of nitrogens with two attached hydrogens (primary N) is 1. The van der Waals surface area contributed by atoms with Crippen molar-refractivity contribution in [2.45, 2.75) is 6.92 Å². The number of amides is 1. The maximum atomic E-state index is 11.4. The highest BCUT2D eigenvalue weighted by molar-refractivity contribution is 9.10. The Labute approximate surface area is 88.3 Å². The molecule has 0 unspecified atom stereocenters. The SMILES string of the molecule is Cc1c(C(N)=O)c(O)n(C)c(=O)c1Br. The van der Waals surface area contributed by atoms with Crippen LogP contribution in [0, 0.1) is 6.92 Å². The van der Waals surface area contributed by atoms with Crippen LogP contribution in [0.15, 0.2) is 9.27 Å². The number of aromatic hydroxyl groups is 1. The Morgan fingerprint density at radius 3 is 2.50 bits per heavy atom. The number of rotatable bonds is 1. The van der Waals surface area contributed by atoms with Crippen LogP contribution in [0.5, 0.6) is 5.88 Å². The molecule has 0 radical (unpaired) electrons. The predicted molar refractivity (Wildman–Crippen MR) is 54.3 cm³/mol. The topological polar surface area (TPSA) is 85.3 Å². The minimum atomic E-state index is -0.767. The number of carbonyl (C=O) groups excluding carboxylic acids is 1. The van der Waals surface area contributed by atoms with Gasteiger partial charge in [0.25, 0.3) is 11.5 Å². The number of aromatic nitrogens is 1. The molecule has 0 saturated heterocycles. The maximum Gasteiger partial charge on any atom is 0.267 e. The molecule has 1 amide bonds. The van der Waals surface area contributed by atoms with E-state index in [1.165, 1.54) is 14.0 Å². The van der Waals surface area contributed by atoms with Gasteiger partial charge in [0.2, 0.25) is 5.88 Å². The highest BCUT2D eigenvalue weighted by atomic mass is 79.9. The highest BCUT2D eigenvalue weighted by Crippen LogP contribution is 2.22. The van der Waals surface area contributed by atoms with E-state index in [1.54, 1.807) is 0 Å². The maximum absolute atomic E-state index is 11.4. The van der Waals surface area contributed by atoms with Crippen LogP contribution in [0.2, 0.25) is 0 Å². The summed E-state index contributed by atoms with van der Waals surface area (Å²) in [6.07, 6.45) is 0. The Morgan fingerprint density at radius 1 is 1.57 bits per heavy atom. The van der Waals surface area contributed by atoms with E-state index < -0.39 is 17.3 Å². The zero-order chi connectivity index (χ0) is 11.0. The smallest absolute Gasteiger partial charge is 0.267 e. The van der Waals surface area contributed by atoms with E-state index >= 15 is 0 Å².